The van der Waals surface area contributed by atoms with Crippen molar-refractivity contribution in [3.63, 3.8) is 0 Å². The summed E-state index contributed by atoms with van der Waals surface area (Å²) in [6.07, 6.45) is 2.34. The lowest BCUT2D eigenvalue weighted by atomic mass is 10.0. The predicted molar refractivity (Wildman–Crippen MR) is 147 cm³/mol. The molecule has 0 spiro atoms. The minimum atomic E-state index is -0.265. The molecule has 5 rings (SSSR count). The zero-order valence-corrected chi connectivity index (χ0v) is 23.1. The first-order valence-electron chi connectivity index (χ1n) is 13.9. The van der Waals surface area contributed by atoms with E-state index in [-0.39, 0.29) is 23.8 Å². The van der Waals surface area contributed by atoms with Crippen molar-refractivity contribution in [2.75, 3.05) is 71.2 Å². The Hall–Kier alpha value is -2.63. The van der Waals surface area contributed by atoms with Crippen LogP contribution in [0.4, 0.5) is 10.1 Å². The van der Waals surface area contributed by atoms with E-state index in [1.54, 1.807) is 25.4 Å². The van der Waals surface area contributed by atoms with Gasteiger partial charge in [-0.15, -0.1) is 0 Å². The standard InChI is InChI=1S/C29H40FN5O4/c1-20-14-34(25(13-31-20)15-33-8-9-38-17-21(33)2)16-28(36)35-26(18-37-3)19-39-29-27(35)11-23(12-32-29)10-22-4-6-24(30)7-5-22/h4-7,11-12,20-21,25-26,31H,8-10,13-19H2,1-3H3/t20-,21-,25-,26?/m1/s1. The molecule has 1 aromatic carbocycles. The zero-order valence-electron chi connectivity index (χ0n) is 23.1. The smallest absolute Gasteiger partial charge is 0.241 e. The molecule has 1 amide bonds. The van der Waals surface area contributed by atoms with Gasteiger partial charge in [0.25, 0.3) is 0 Å². The number of fused-ring (bicyclic) bond motifs is 1. The number of nitrogens with zero attached hydrogens (tertiary/aromatic N) is 4. The highest BCUT2D eigenvalue weighted by atomic mass is 19.1. The van der Waals surface area contributed by atoms with Gasteiger partial charge in [-0.3, -0.25) is 19.5 Å². The normalized spacial score (nSPS) is 26.2. The molecule has 2 aromatic rings. The summed E-state index contributed by atoms with van der Waals surface area (Å²) in [7, 11) is 1.64. The lowest BCUT2D eigenvalue weighted by Crippen LogP contribution is -2.63. The Balaban J connectivity index is 1.36. The molecule has 3 aliphatic heterocycles. The number of halogens is 1. The van der Waals surface area contributed by atoms with Crippen molar-refractivity contribution in [3.05, 3.63) is 53.5 Å². The molecule has 39 heavy (non-hydrogen) atoms. The zero-order chi connectivity index (χ0) is 27.4. The molecule has 0 bridgehead atoms. The lowest BCUT2D eigenvalue weighted by molar-refractivity contribution is -0.122. The van der Waals surface area contributed by atoms with E-state index in [1.807, 2.05) is 11.0 Å². The number of piperazine rings is 1. The largest absolute Gasteiger partial charge is 0.474 e. The van der Waals surface area contributed by atoms with Crippen molar-refractivity contribution in [1.29, 1.82) is 0 Å². The van der Waals surface area contributed by atoms with E-state index in [4.69, 9.17) is 14.2 Å². The van der Waals surface area contributed by atoms with Crippen molar-refractivity contribution >= 4 is 11.6 Å². The molecular formula is C29H40FN5O4. The molecule has 212 valence electrons. The maximum atomic E-state index is 14.1. The van der Waals surface area contributed by atoms with Crippen molar-refractivity contribution < 1.29 is 23.4 Å². The van der Waals surface area contributed by atoms with Crippen LogP contribution < -0.4 is 15.0 Å². The van der Waals surface area contributed by atoms with E-state index >= 15 is 0 Å². The number of rotatable bonds is 8. The van der Waals surface area contributed by atoms with Gasteiger partial charge in [-0.25, -0.2) is 9.37 Å². The van der Waals surface area contributed by atoms with E-state index in [0.717, 1.165) is 50.5 Å². The number of benzene rings is 1. The SMILES string of the molecule is COCC1COc2ncc(Cc3ccc(F)cc3)cc2N1C(=O)CN1C[C@@H](C)NC[C@@H]1CN1CCOC[C@H]1C. The molecule has 0 saturated carbocycles. The average Bonchev–Trinajstić information content (AvgIpc) is 2.92. The van der Waals surface area contributed by atoms with Crippen LogP contribution >= 0.6 is 0 Å². The summed E-state index contributed by atoms with van der Waals surface area (Å²) in [5, 5.41) is 3.60. The molecule has 1 aromatic heterocycles. The van der Waals surface area contributed by atoms with Crippen molar-refractivity contribution in [3.8, 4) is 5.88 Å². The van der Waals surface area contributed by atoms with Crippen LogP contribution in [0.3, 0.4) is 0 Å². The third kappa shape index (κ3) is 6.75. The van der Waals surface area contributed by atoms with Crippen molar-refractivity contribution in [2.45, 2.75) is 44.4 Å². The lowest BCUT2D eigenvalue weighted by Gasteiger charge is -2.44. The summed E-state index contributed by atoms with van der Waals surface area (Å²) in [5.74, 6) is 0.195. The Morgan fingerprint density at radius 2 is 1.97 bits per heavy atom. The number of ether oxygens (including phenoxy) is 3. The second kappa shape index (κ2) is 12.7. The average molecular weight is 542 g/mol. The summed E-state index contributed by atoms with van der Waals surface area (Å²) >= 11 is 0. The minimum absolute atomic E-state index is 0.0106. The van der Waals surface area contributed by atoms with Crippen LogP contribution in [0.25, 0.3) is 0 Å². The molecule has 0 radical (unpaired) electrons. The minimum Gasteiger partial charge on any atom is -0.474 e. The first-order valence-corrected chi connectivity index (χ1v) is 13.9. The third-order valence-corrected chi connectivity index (χ3v) is 7.89. The van der Waals surface area contributed by atoms with Gasteiger partial charge < -0.3 is 19.5 Å². The number of methoxy groups -OCH3 is 1. The van der Waals surface area contributed by atoms with Crippen LogP contribution in [0, 0.1) is 5.82 Å². The number of hydrogen-bond donors (Lipinski definition) is 1. The maximum absolute atomic E-state index is 14.1. The number of amides is 1. The maximum Gasteiger partial charge on any atom is 0.241 e. The molecule has 4 heterocycles. The highest BCUT2D eigenvalue weighted by molar-refractivity contribution is 5.97. The summed E-state index contributed by atoms with van der Waals surface area (Å²) in [4.78, 5) is 25.2. The van der Waals surface area contributed by atoms with Crippen LogP contribution in [0.2, 0.25) is 0 Å². The van der Waals surface area contributed by atoms with Crippen LogP contribution in [0.1, 0.15) is 25.0 Å². The Bertz CT molecular complexity index is 1120. The molecule has 2 saturated heterocycles. The van der Waals surface area contributed by atoms with E-state index in [2.05, 4.69) is 33.9 Å². The fourth-order valence-corrected chi connectivity index (χ4v) is 5.76. The van der Waals surface area contributed by atoms with Gasteiger partial charge in [-0.2, -0.15) is 0 Å². The molecule has 1 unspecified atom stereocenters. The molecule has 4 atom stereocenters. The number of pyridine rings is 1. The van der Waals surface area contributed by atoms with E-state index in [0.29, 0.717) is 49.8 Å². The van der Waals surface area contributed by atoms with Gasteiger partial charge >= 0.3 is 0 Å². The number of nitrogens with one attached hydrogen (secondary N) is 1. The van der Waals surface area contributed by atoms with Crippen LogP contribution in [0.5, 0.6) is 5.88 Å². The Morgan fingerprint density at radius 3 is 2.74 bits per heavy atom. The van der Waals surface area contributed by atoms with Crippen LogP contribution in [0.15, 0.2) is 36.5 Å². The molecule has 10 heteroatoms. The highest BCUT2D eigenvalue weighted by Crippen LogP contribution is 2.34. The molecule has 2 fully saturated rings. The highest BCUT2D eigenvalue weighted by Gasteiger charge is 2.37. The summed E-state index contributed by atoms with van der Waals surface area (Å²) < 4.78 is 30.5. The number of morpholine rings is 1. The Kier molecular flexibility index (Phi) is 9.09. The summed E-state index contributed by atoms with van der Waals surface area (Å²) in [5.41, 5.74) is 2.56. The van der Waals surface area contributed by atoms with Gasteiger partial charge in [0, 0.05) is 57.6 Å². The molecule has 9 nitrogen and oxygen atoms in total. The Labute approximate surface area is 230 Å². The number of hydrogen-bond acceptors (Lipinski definition) is 8. The quantitative estimate of drug-likeness (QED) is 0.544. The molecule has 3 aliphatic rings. The van der Waals surface area contributed by atoms with Gasteiger partial charge in [-0.1, -0.05) is 12.1 Å². The monoisotopic (exact) mass is 541 g/mol. The van der Waals surface area contributed by atoms with Gasteiger partial charge in [0.05, 0.1) is 32.4 Å². The molecular weight excluding hydrogens is 501 g/mol. The second-order valence-corrected chi connectivity index (χ2v) is 11.0. The van der Waals surface area contributed by atoms with Crippen LogP contribution in [-0.2, 0) is 20.7 Å². The fraction of sp³-hybridized carbons (Fsp3) is 0.586. The number of anilines is 1. The van der Waals surface area contributed by atoms with E-state index in [1.165, 1.54) is 12.1 Å². The fourth-order valence-electron chi connectivity index (χ4n) is 5.76. The summed E-state index contributed by atoms with van der Waals surface area (Å²) in [6, 6.07) is 9.04. The van der Waals surface area contributed by atoms with E-state index < -0.39 is 0 Å². The third-order valence-electron chi connectivity index (χ3n) is 7.89. The van der Waals surface area contributed by atoms with Crippen molar-refractivity contribution in [1.82, 2.24) is 20.1 Å². The van der Waals surface area contributed by atoms with Crippen molar-refractivity contribution in [2.24, 2.45) is 0 Å². The predicted octanol–water partition coefficient (Wildman–Crippen LogP) is 1.93. The number of carbonyl (C=O) groups excluding carboxylic acids is 1. The Morgan fingerprint density at radius 1 is 1.15 bits per heavy atom. The number of aromatic nitrogens is 1. The second-order valence-electron chi connectivity index (χ2n) is 11.0. The molecule has 0 aliphatic carbocycles. The van der Waals surface area contributed by atoms with Gasteiger partial charge in [0.1, 0.15) is 18.1 Å². The topological polar surface area (TPSA) is 79.4 Å². The van der Waals surface area contributed by atoms with E-state index in [9.17, 15) is 9.18 Å². The number of carbonyl (C=O) groups is 1. The van der Waals surface area contributed by atoms with Gasteiger partial charge in [0.15, 0.2) is 0 Å². The summed E-state index contributed by atoms with van der Waals surface area (Å²) in [6.45, 7) is 10.3. The van der Waals surface area contributed by atoms with Gasteiger partial charge in [-0.05, 0) is 49.6 Å². The van der Waals surface area contributed by atoms with Gasteiger partial charge in [0.2, 0.25) is 11.8 Å². The first kappa shape index (κ1) is 27.9. The first-order chi connectivity index (χ1) is 18.9. The van der Waals surface area contributed by atoms with Crippen LogP contribution in [-0.4, -0.2) is 111 Å². The molecule has 1 N–H and O–H groups in total.